The molecule has 0 spiro atoms. The van der Waals surface area contributed by atoms with Gasteiger partial charge in [0, 0.05) is 5.75 Å². The largest absolute Gasteiger partial charge is 0.157 e. The van der Waals surface area contributed by atoms with Gasteiger partial charge in [-0.3, -0.25) is 0 Å². The summed E-state index contributed by atoms with van der Waals surface area (Å²) in [4.78, 5) is 0. The molecule has 25 heavy (non-hydrogen) atoms. The average molecular weight is 347 g/mol. The lowest BCUT2D eigenvalue weighted by Crippen LogP contribution is -2.09. The SMILES string of the molecule is CCCCSCc1ccc2c(c1)CC(C)c1c-2ccc2ccccc12. The Morgan fingerprint density at radius 3 is 2.72 bits per heavy atom. The molecule has 128 valence electrons. The maximum atomic E-state index is 2.46. The molecule has 0 aromatic heterocycles. The summed E-state index contributed by atoms with van der Waals surface area (Å²) in [5, 5.41) is 2.79. The van der Waals surface area contributed by atoms with Gasteiger partial charge in [-0.05, 0) is 63.1 Å². The van der Waals surface area contributed by atoms with Gasteiger partial charge in [0.15, 0.2) is 0 Å². The molecule has 0 amide bonds. The fourth-order valence-electron chi connectivity index (χ4n) is 4.10. The summed E-state index contributed by atoms with van der Waals surface area (Å²) in [6.07, 6.45) is 3.77. The lowest BCUT2D eigenvalue weighted by Gasteiger charge is -2.27. The topological polar surface area (TPSA) is 0 Å². The second-order valence-electron chi connectivity index (χ2n) is 7.25. The molecular weight excluding hydrogens is 320 g/mol. The van der Waals surface area contributed by atoms with Crippen LogP contribution in [0, 0.1) is 0 Å². The van der Waals surface area contributed by atoms with Crippen LogP contribution >= 0.6 is 11.8 Å². The molecule has 1 atom stereocenters. The quantitative estimate of drug-likeness (QED) is 0.440. The van der Waals surface area contributed by atoms with Gasteiger partial charge in [-0.2, -0.15) is 11.8 Å². The van der Waals surface area contributed by atoms with E-state index in [4.69, 9.17) is 0 Å². The minimum absolute atomic E-state index is 0.580. The fraction of sp³-hybridized carbons (Fsp3) is 0.333. The number of hydrogen-bond donors (Lipinski definition) is 0. The van der Waals surface area contributed by atoms with Crippen LogP contribution in [0.5, 0.6) is 0 Å². The van der Waals surface area contributed by atoms with Crippen LogP contribution < -0.4 is 0 Å². The van der Waals surface area contributed by atoms with Crippen molar-refractivity contribution in [2.45, 2.75) is 44.8 Å². The van der Waals surface area contributed by atoms with Crippen molar-refractivity contribution in [2.24, 2.45) is 0 Å². The highest BCUT2D eigenvalue weighted by Gasteiger charge is 2.23. The normalized spacial score (nSPS) is 15.8. The van der Waals surface area contributed by atoms with E-state index in [1.165, 1.54) is 57.2 Å². The molecule has 1 heteroatoms. The summed E-state index contributed by atoms with van der Waals surface area (Å²) in [7, 11) is 0. The zero-order valence-corrected chi connectivity index (χ0v) is 16.0. The fourth-order valence-corrected chi connectivity index (χ4v) is 5.15. The van der Waals surface area contributed by atoms with Gasteiger partial charge in [-0.15, -0.1) is 0 Å². The van der Waals surface area contributed by atoms with E-state index in [-0.39, 0.29) is 0 Å². The van der Waals surface area contributed by atoms with Crippen molar-refractivity contribution in [1.82, 2.24) is 0 Å². The Balaban J connectivity index is 1.70. The first-order chi connectivity index (χ1) is 12.3. The standard InChI is InChI=1S/C24H26S/c1-3-4-13-25-16-18-9-11-21-20(15-18)14-17(2)24-22-8-6-5-7-19(22)10-12-23(21)24/h5-12,15,17H,3-4,13-14,16H2,1-2H3. The Kier molecular flexibility index (Phi) is 4.85. The summed E-state index contributed by atoms with van der Waals surface area (Å²) in [6, 6.07) is 20.6. The molecule has 0 N–H and O–H groups in total. The van der Waals surface area contributed by atoms with Crippen LogP contribution in [-0.2, 0) is 12.2 Å². The van der Waals surface area contributed by atoms with E-state index >= 15 is 0 Å². The monoisotopic (exact) mass is 346 g/mol. The summed E-state index contributed by atoms with van der Waals surface area (Å²) >= 11 is 2.07. The number of thioether (sulfide) groups is 1. The first-order valence-corrected chi connectivity index (χ1v) is 10.6. The average Bonchev–Trinajstić information content (AvgIpc) is 2.64. The van der Waals surface area contributed by atoms with E-state index in [0.717, 1.165) is 12.2 Å². The van der Waals surface area contributed by atoms with E-state index in [0.29, 0.717) is 5.92 Å². The van der Waals surface area contributed by atoms with E-state index in [1.54, 1.807) is 0 Å². The lowest BCUT2D eigenvalue weighted by molar-refractivity contribution is 0.755. The molecular formula is C24H26S. The van der Waals surface area contributed by atoms with Crippen molar-refractivity contribution < 1.29 is 0 Å². The van der Waals surface area contributed by atoms with Crippen molar-refractivity contribution >= 4 is 22.5 Å². The van der Waals surface area contributed by atoms with Crippen LogP contribution in [0.2, 0.25) is 0 Å². The molecule has 0 bridgehead atoms. The van der Waals surface area contributed by atoms with Gasteiger partial charge in [0.1, 0.15) is 0 Å². The van der Waals surface area contributed by atoms with E-state index in [9.17, 15) is 0 Å². The first-order valence-electron chi connectivity index (χ1n) is 9.49. The van der Waals surface area contributed by atoms with Gasteiger partial charge in [-0.1, -0.05) is 74.9 Å². The molecule has 0 nitrogen and oxygen atoms in total. The highest BCUT2D eigenvalue weighted by atomic mass is 32.2. The predicted molar refractivity (Wildman–Crippen MR) is 113 cm³/mol. The second-order valence-corrected chi connectivity index (χ2v) is 8.36. The summed E-state index contributed by atoms with van der Waals surface area (Å²) in [6.45, 7) is 4.65. The Morgan fingerprint density at radius 2 is 1.84 bits per heavy atom. The minimum atomic E-state index is 0.580. The second kappa shape index (κ2) is 7.25. The van der Waals surface area contributed by atoms with E-state index < -0.39 is 0 Å². The van der Waals surface area contributed by atoms with Crippen LogP contribution in [0.25, 0.3) is 21.9 Å². The van der Waals surface area contributed by atoms with E-state index in [2.05, 4.69) is 80.2 Å². The van der Waals surface area contributed by atoms with Crippen LogP contribution in [0.15, 0.2) is 54.6 Å². The Hall–Kier alpha value is -1.73. The Morgan fingerprint density at radius 1 is 1.00 bits per heavy atom. The Bertz CT molecular complexity index is 894. The molecule has 0 heterocycles. The molecule has 0 radical (unpaired) electrons. The van der Waals surface area contributed by atoms with Crippen LogP contribution in [0.3, 0.4) is 0 Å². The third-order valence-corrected chi connectivity index (χ3v) is 6.48. The molecule has 0 aliphatic heterocycles. The number of unbranched alkanes of at least 4 members (excludes halogenated alkanes) is 1. The molecule has 3 aromatic rings. The van der Waals surface area contributed by atoms with Crippen molar-refractivity contribution in [3.05, 3.63) is 71.3 Å². The third kappa shape index (κ3) is 3.22. The molecule has 1 unspecified atom stereocenters. The smallest absolute Gasteiger partial charge is 0.0184 e. The Labute approximate surface area is 155 Å². The van der Waals surface area contributed by atoms with Gasteiger partial charge in [0.25, 0.3) is 0 Å². The zero-order valence-electron chi connectivity index (χ0n) is 15.2. The molecule has 0 fully saturated rings. The maximum Gasteiger partial charge on any atom is 0.0184 e. The van der Waals surface area contributed by atoms with Crippen LogP contribution in [0.1, 0.15) is 49.3 Å². The molecule has 0 saturated heterocycles. The number of fused-ring (bicyclic) bond motifs is 5. The van der Waals surface area contributed by atoms with Gasteiger partial charge < -0.3 is 0 Å². The van der Waals surface area contributed by atoms with Crippen molar-refractivity contribution in [1.29, 1.82) is 0 Å². The number of hydrogen-bond acceptors (Lipinski definition) is 1. The molecule has 4 rings (SSSR count). The van der Waals surface area contributed by atoms with E-state index in [1.807, 2.05) is 0 Å². The highest BCUT2D eigenvalue weighted by molar-refractivity contribution is 7.98. The molecule has 1 aliphatic carbocycles. The zero-order chi connectivity index (χ0) is 17.2. The summed E-state index contributed by atoms with van der Waals surface area (Å²) in [5.74, 6) is 3.00. The van der Waals surface area contributed by atoms with Gasteiger partial charge in [0.05, 0.1) is 0 Å². The molecule has 3 aromatic carbocycles. The highest BCUT2D eigenvalue weighted by Crippen LogP contribution is 2.43. The van der Waals surface area contributed by atoms with Crippen LogP contribution in [-0.4, -0.2) is 5.75 Å². The minimum Gasteiger partial charge on any atom is -0.157 e. The number of benzene rings is 3. The first kappa shape index (κ1) is 16.7. The van der Waals surface area contributed by atoms with Crippen molar-refractivity contribution in [3.63, 3.8) is 0 Å². The molecule has 0 saturated carbocycles. The predicted octanol–water partition coefficient (Wildman–Crippen LogP) is 7.20. The summed E-state index contributed by atoms with van der Waals surface area (Å²) < 4.78 is 0. The van der Waals surface area contributed by atoms with Crippen molar-refractivity contribution in [2.75, 3.05) is 5.75 Å². The lowest BCUT2D eigenvalue weighted by atomic mass is 9.77. The van der Waals surface area contributed by atoms with Crippen molar-refractivity contribution in [3.8, 4) is 11.1 Å². The van der Waals surface area contributed by atoms with Gasteiger partial charge in [-0.25, -0.2) is 0 Å². The number of rotatable bonds is 5. The van der Waals surface area contributed by atoms with Crippen LogP contribution in [0.4, 0.5) is 0 Å². The maximum absolute atomic E-state index is 2.46. The van der Waals surface area contributed by atoms with Gasteiger partial charge >= 0.3 is 0 Å². The summed E-state index contributed by atoms with van der Waals surface area (Å²) in [5.41, 5.74) is 7.44. The van der Waals surface area contributed by atoms with Gasteiger partial charge in [0.2, 0.25) is 0 Å². The molecule has 1 aliphatic rings. The third-order valence-electron chi connectivity index (χ3n) is 5.36.